The Morgan fingerprint density at radius 2 is 1.28 bits per heavy atom. The van der Waals surface area contributed by atoms with Crippen LogP contribution in [0.3, 0.4) is 0 Å². The van der Waals surface area contributed by atoms with E-state index in [1.807, 2.05) is 11.3 Å². The molecule has 0 N–H and O–H groups in total. The van der Waals surface area contributed by atoms with Gasteiger partial charge >= 0.3 is 0 Å². The van der Waals surface area contributed by atoms with Gasteiger partial charge in [0.1, 0.15) is 0 Å². The monoisotopic (exact) mass is 619 g/mol. The van der Waals surface area contributed by atoms with Crippen molar-refractivity contribution >= 4 is 81.3 Å². The first-order chi connectivity index (χ1) is 23.1. The fourth-order valence-corrected chi connectivity index (χ4v) is 9.13. The number of nitrogens with zero attached hydrogens (tertiary/aromatic N) is 3. The SMILES string of the molecule is CC1(C)c2ccccc2N(c2nc(-c3ccc4ccccc4c3)c3ccccc3n2)c2c1c1ccccc1c1c2sc2ccccc21. The Morgan fingerprint density at radius 3 is 2.15 bits per heavy atom. The van der Waals surface area contributed by atoms with E-state index in [0.29, 0.717) is 5.95 Å². The third kappa shape index (κ3) is 3.73. The summed E-state index contributed by atoms with van der Waals surface area (Å²) in [6.07, 6.45) is 0. The van der Waals surface area contributed by atoms with E-state index in [4.69, 9.17) is 9.97 Å². The van der Waals surface area contributed by atoms with Crippen molar-refractivity contribution in [1.82, 2.24) is 9.97 Å². The van der Waals surface area contributed by atoms with Gasteiger partial charge in [0.05, 0.1) is 27.3 Å². The van der Waals surface area contributed by atoms with Crippen LogP contribution in [0.2, 0.25) is 0 Å². The summed E-state index contributed by atoms with van der Waals surface area (Å²) >= 11 is 1.87. The Balaban J connectivity index is 1.36. The molecule has 9 aromatic rings. The van der Waals surface area contributed by atoms with Gasteiger partial charge in [-0.2, -0.15) is 0 Å². The fraction of sp³-hybridized carbons (Fsp3) is 0.0698. The van der Waals surface area contributed by atoms with Crippen LogP contribution >= 0.6 is 11.3 Å². The van der Waals surface area contributed by atoms with Gasteiger partial charge in [-0.25, -0.2) is 9.97 Å². The highest BCUT2D eigenvalue weighted by molar-refractivity contribution is 7.26. The first kappa shape index (κ1) is 26.6. The van der Waals surface area contributed by atoms with Crippen molar-refractivity contribution in [3.05, 3.63) is 151 Å². The van der Waals surface area contributed by atoms with Crippen LogP contribution in [0.4, 0.5) is 17.3 Å². The van der Waals surface area contributed by atoms with Gasteiger partial charge in [0, 0.05) is 31.8 Å². The molecule has 0 radical (unpaired) electrons. The van der Waals surface area contributed by atoms with E-state index >= 15 is 0 Å². The molecule has 0 unspecified atom stereocenters. The average molecular weight is 620 g/mol. The molecule has 0 spiro atoms. The van der Waals surface area contributed by atoms with E-state index in [1.165, 1.54) is 58.5 Å². The minimum Gasteiger partial charge on any atom is -0.277 e. The maximum absolute atomic E-state index is 5.51. The van der Waals surface area contributed by atoms with Crippen molar-refractivity contribution in [2.24, 2.45) is 0 Å². The summed E-state index contributed by atoms with van der Waals surface area (Å²) in [6.45, 7) is 4.74. The van der Waals surface area contributed by atoms with Gasteiger partial charge in [0.25, 0.3) is 0 Å². The molecule has 3 nitrogen and oxygen atoms in total. The van der Waals surface area contributed by atoms with Gasteiger partial charge in [-0.3, -0.25) is 4.90 Å². The maximum atomic E-state index is 5.51. The van der Waals surface area contributed by atoms with Gasteiger partial charge in [0.2, 0.25) is 5.95 Å². The Morgan fingerprint density at radius 1 is 0.596 bits per heavy atom. The normalized spacial score (nSPS) is 13.9. The molecular weight excluding hydrogens is 591 g/mol. The summed E-state index contributed by atoms with van der Waals surface area (Å²) in [4.78, 5) is 13.2. The second-order valence-corrected chi connectivity index (χ2v) is 14.1. The summed E-state index contributed by atoms with van der Waals surface area (Å²) in [5, 5.41) is 8.62. The topological polar surface area (TPSA) is 29.0 Å². The van der Waals surface area contributed by atoms with E-state index in [0.717, 1.165) is 27.8 Å². The first-order valence-electron chi connectivity index (χ1n) is 16.1. The van der Waals surface area contributed by atoms with Crippen molar-refractivity contribution in [3.8, 4) is 11.3 Å². The van der Waals surface area contributed by atoms with Crippen LogP contribution in [0, 0.1) is 0 Å². The van der Waals surface area contributed by atoms with Crippen molar-refractivity contribution in [2.45, 2.75) is 19.3 Å². The molecule has 0 aliphatic carbocycles. The minimum absolute atomic E-state index is 0.260. The first-order valence-corrected chi connectivity index (χ1v) is 16.9. The number of anilines is 3. The molecule has 0 bridgehead atoms. The molecular formula is C43H29N3S. The molecule has 0 amide bonds. The average Bonchev–Trinajstić information content (AvgIpc) is 3.51. The van der Waals surface area contributed by atoms with Crippen LogP contribution in [-0.4, -0.2) is 9.97 Å². The lowest BCUT2D eigenvalue weighted by atomic mass is 9.71. The summed E-state index contributed by atoms with van der Waals surface area (Å²) in [7, 11) is 0. The molecule has 0 fully saturated rings. The van der Waals surface area contributed by atoms with Crippen LogP contribution in [0.5, 0.6) is 0 Å². The summed E-state index contributed by atoms with van der Waals surface area (Å²) < 4.78 is 2.56. The molecule has 10 rings (SSSR count). The highest BCUT2D eigenvalue weighted by Crippen LogP contribution is 2.58. The third-order valence-electron chi connectivity index (χ3n) is 9.99. The van der Waals surface area contributed by atoms with Gasteiger partial charge < -0.3 is 0 Å². The van der Waals surface area contributed by atoms with Gasteiger partial charge in [0.15, 0.2) is 0 Å². The van der Waals surface area contributed by atoms with Gasteiger partial charge in [-0.15, -0.1) is 11.3 Å². The lowest BCUT2D eigenvalue weighted by Gasteiger charge is -2.42. The molecule has 4 heteroatoms. The van der Waals surface area contributed by atoms with Gasteiger partial charge in [-0.05, 0) is 56.9 Å². The van der Waals surface area contributed by atoms with E-state index in [9.17, 15) is 0 Å². The van der Waals surface area contributed by atoms with E-state index in [1.54, 1.807) is 0 Å². The van der Waals surface area contributed by atoms with Crippen molar-refractivity contribution in [2.75, 3.05) is 4.90 Å². The standard InChI is InChI=1S/C43H29N3S/c1-43(2)33-19-9-11-21-35(33)46(40-38(43)30-16-6-5-15-29(30)37-32-18-8-12-22-36(32)47-41(37)40)42-44-34-20-10-7-17-31(34)39(45-42)28-24-23-26-13-3-4-14-27(26)25-28/h3-25H,1-2H3. The zero-order chi connectivity index (χ0) is 31.3. The number of fused-ring (bicyclic) bond motifs is 11. The Bertz CT molecular complexity index is 2740. The second kappa shape index (κ2) is 9.71. The van der Waals surface area contributed by atoms with Crippen LogP contribution in [0.25, 0.3) is 63.9 Å². The molecule has 3 heterocycles. The molecule has 0 atom stereocenters. The van der Waals surface area contributed by atoms with E-state index in [-0.39, 0.29) is 5.41 Å². The van der Waals surface area contributed by atoms with Crippen molar-refractivity contribution < 1.29 is 0 Å². The Hall–Kier alpha value is -5.58. The zero-order valence-corrected chi connectivity index (χ0v) is 26.8. The number of aromatic nitrogens is 2. The number of benzene rings is 7. The number of rotatable bonds is 2. The summed E-state index contributed by atoms with van der Waals surface area (Å²) in [6, 6.07) is 50.1. The highest BCUT2D eigenvalue weighted by Gasteiger charge is 2.41. The molecule has 0 saturated heterocycles. The highest BCUT2D eigenvalue weighted by atomic mass is 32.1. The number of hydrogen-bond donors (Lipinski definition) is 0. The summed E-state index contributed by atoms with van der Waals surface area (Å²) in [5.41, 5.74) is 7.58. The van der Waals surface area contributed by atoms with E-state index < -0.39 is 0 Å². The van der Waals surface area contributed by atoms with Gasteiger partial charge in [-0.1, -0.05) is 129 Å². The molecule has 7 aromatic carbocycles. The molecule has 0 saturated carbocycles. The minimum atomic E-state index is -0.260. The van der Waals surface area contributed by atoms with Crippen LogP contribution < -0.4 is 4.90 Å². The molecule has 2 aromatic heterocycles. The number of hydrogen-bond acceptors (Lipinski definition) is 4. The molecule has 47 heavy (non-hydrogen) atoms. The predicted molar refractivity (Wildman–Crippen MR) is 200 cm³/mol. The fourth-order valence-electron chi connectivity index (χ4n) is 7.87. The quantitative estimate of drug-likeness (QED) is 0.193. The van der Waals surface area contributed by atoms with Crippen LogP contribution in [0.15, 0.2) is 140 Å². The molecule has 222 valence electrons. The van der Waals surface area contributed by atoms with E-state index in [2.05, 4.69) is 158 Å². The predicted octanol–water partition coefficient (Wildman–Crippen LogP) is 12.1. The molecule has 1 aliphatic rings. The number of thiophene rings is 1. The molecule has 1 aliphatic heterocycles. The lowest BCUT2D eigenvalue weighted by molar-refractivity contribution is 0.638. The number of para-hydroxylation sites is 2. The van der Waals surface area contributed by atoms with Crippen LogP contribution in [0.1, 0.15) is 25.0 Å². The maximum Gasteiger partial charge on any atom is 0.235 e. The Labute approximate surface area is 276 Å². The lowest BCUT2D eigenvalue weighted by Crippen LogP contribution is -2.31. The van der Waals surface area contributed by atoms with Crippen molar-refractivity contribution in [1.29, 1.82) is 0 Å². The smallest absolute Gasteiger partial charge is 0.235 e. The summed E-state index contributed by atoms with van der Waals surface area (Å²) in [5.74, 6) is 0.685. The largest absolute Gasteiger partial charge is 0.277 e. The van der Waals surface area contributed by atoms with Crippen molar-refractivity contribution in [3.63, 3.8) is 0 Å². The Kier molecular flexibility index (Phi) is 5.50. The second-order valence-electron chi connectivity index (χ2n) is 13.0. The zero-order valence-electron chi connectivity index (χ0n) is 26.0. The van der Waals surface area contributed by atoms with Crippen LogP contribution in [-0.2, 0) is 5.41 Å². The third-order valence-corrected chi connectivity index (χ3v) is 11.2.